The van der Waals surface area contributed by atoms with Crippen LogP contribution in [0, 0.1) is 26.6 Å². The number of nitrogens with zero attached hydrogens (tertiary/aromatic N) is 2. The maximum atomic E-state index is 13.5. The number of anilines is 1. The highest BCUT2D eigenvalue weighted by Gasteiger charge is 2.25. The molecule has 4 rings (SSSR count). The summed E-state index contributed by atoms with van der Waals surface area (Å²) >= 11 is 0. The number of benzene rings is 2. The summed E-state index contributed by atoms with van der Waals surface area (Å²) in [5.74, 6) is -1.86. The third kappa shape index (κ3) is 5.51. The molecule has 0 bridgehead atoms. The van der Waals surface area contributed by atoms with Gasteiger partial charge in [-0.1, -0.05) is 23.8 Å². The molecule has 4 N–H and O–H groups in total. The minimum Gasteiger partial charge on any atom is -0.507 e. The summed E-state index contributed by atoms with van der Waals surface area (Å²) in [5, 5.41) is 9.79. The van der Waals surface area contributed by atoms with Crippen molar-refractivity contribution in [2.24, 2.45) is 0 Å². The van der Waals surface area contributed by atoms with E-state index < -0.39 is 26.8 Å². The molecule has 0 saturated carbocycles. The average molecular weight is 527 g/mol. The standard InChI is InChI=1S/C26H23FN4O5S.2H2/c1-14-11-15(2)24(16(3)12-14)36-26-19(9-10-20(29-26)18-8-7-17(27)13-21(18)32)25(33)31-37(34,35)23-6-4-5-22(28)30-23;;/h4-13,32H,1-3H3,(H2,28,30)(H,31,33);2*1H. The Hall–Kier alpha value is -4.51. The molecule has 2 heterocycles. The molecule has 2 aromatic heterocycles. The van der Waals surface area contributed by atoms with Crippen molar-refractivity contribution in [2.45, 2.75) is 25.8 Å². The molecule has 0 unspecified atom stereocenters. The fourth-order valence-electron chi connectivity index (χ4n) is 3.80. The topological polar surface area (TPSA) is 144 Å². The number of nitrogens with one attached hydrogen (secondary N) is 1. The number of phenols is 1. The van der Waals surface area contributed by atoms with E-state index in [-0.39, 0.29) is 37.1 Å². The molecule has 37 heavy (non-hydrogen) atoms. The normalized spacial score (nSPS) is 11.2. The summed E-state index contributed by atoms with van der Waals surface area (Å²) in [7, 11) is -4.37. The maximum Gasteiger partial charge on any atom is 0.281 e. The SMILES string of the molecule is Cc1cc(C)c(Oc2nc(-c3ccc(F)cc3O)ccc2C(=O)NS(=O)(=O)c2cccc(N)n2)c(C)c1.[HH].[HH]. The van der Waals surface area contributed by atoms with Gasteiger partial charge in [-0.25, -0.2) is 19.1 Å². The number of nitrogens with two attached hydrogens (primary N) is 1. The lowest BCUT2D eigenvalue weighted by Crippen LogP contribution is -2.31. The number of rotatable bonds is 6. The molecule has 1 amide bonds. The number of aromatic nitrogens is 2. The molecule has 0 spiro atoms. The minimum absolute atomic E-state index is 0. The van der Waals surface area contributed by atoms with Crippen LogP contribution in [0.2, 0.25) is 0 Å². The summed E-state index contributed by atoms with van der Waals surface area (Å²) < 4.78 is 47.1. The number of nitrogen functional groups attached to an aromatic ring is 1. The summed E-state index contributed by atoms with van der Waals surface area (Å²) in [6.45, 7) is 5.56. The van der Waals surface area contributed by atoms with E-state index in [0.29, 0.717) is 5.75 Å². The highest BCUT2D eigenvalue weighted by Crippen LogP contribution is 2.34. The number of sulfonamides is 1. The molecule has 11 heteroatoms. The van der Waals surface area contributed by atoms with Crippen molar-refractivity contribution in [3.05, 3.63) is 88.7 Å². The van der Waals surface area contributed by atoms with Crippen molar-refractivity contribution in [2.75, 3.05) is 5.73 Å². The van der Waals surface area contributed by atoms with E-state index >= 15 is 0 Å². The van der Waals surface area contributed by atoms with Crippen molar-refractivity contribution in [3.8, 4) is 28.6 Å². The van der Waals surface area contributed by atoms with Crippen LogP contribution >= 0.6 is 0 Å². The summed E-state index contributed by atoms with van der Waals surface area (Å²) in [4.78, 5) is 21.3. The predicted molar refractivity (Wildman–Crippen MR) is 140 cm³/mol. The Morgan fingerprint density at radius 3 is 2.38 bits per heavy atom. The first-order valence-electron chi connectivity index (χ1n) is 11.0. The summed E-state index contributed by atoms with van der Waals surface area (Å²) in [6, 6.07) is 13.9. The molecule has 4 aromatic rings. The van der Waals surface area contributed by atoms with Crippen LogP contribution in [0.15, 0.2) is 65.7 Å². The Bertz CT molecular complexity index is 1630. The zero-order chi connectivity index (χ0) is 26.9. The molecule has 0 radical (unpaired) electrons. The Morgan fingerprint density at radius 2 is 1.73 bits per heavy atom. The van der Waals surface area contributed by atoms with Crippen molar-refractivity contribution < 1.29 is 30.3 Å². The number of aromatic hydroxyl groups is 1. The van der Waals surface area contributed by atoms with E-state index in [9.17, 15) is 22.7 Å². The van der Waals surface area contributed by atoms with Gasteiger partial charge >= 0.3 is 0 Å². The number of carbonyl (C=O) groups is 1. The van der Waals surface area contributed by atoms with Crippen molar-refractivity contribution in [1.29, 1.82) is 0 Å². The summed E-state index contributed by atoms with van der Waals surface area (Å²) in [5.41, 5.74) is 8.26. The van der Waals surface area contributed by atoms with Crippen LogP contribution in [-0.2, 0) is 10.0 Å². The first-order valence-corrected chi connectivity index (χ1v) is 12.5. The number of ether oxygens (including phenoxy) is 1. The lowest BCUT2D eigenvalue weighted by molar-refractivity contribution is 0.0978. The molecule has 0 saturated heterocycles. The fraction of sp³-hybridized carbons (Fsp3) is 0.115. The van der Waals surface area contributed by atoms with E-state index in [4.69, 9.17) is 10.5 Å². The third-order valence-corrected chi connectivity index (χ3v) is 6.62. The highest BCUT2D eigenvalue weighted by molar-refractivity contribution is 7.90. The first kappa shape index (κ1) is 25.6. The van der Waals surface area contributed by atoms with E-state index in [2.05, 4.69) is 9.97 Å². The van der Waals surface area contributed by atoms with Gasteiger partial charge in [-0.05, 0) is 68.3 Å². The number of halogens is 1. The molecular formula is C26H27FN4O5S. The Balaban J connectivity index is 0.00000267. The van der Waals surface area contributed by atoms with E-state index in [1.807, 2.05) is 37.6 Å². The molecule has 194 valence electrons. The van der Waals surface area contributed by atoms with Crippen LogP contribution in [0.5, 0.6) is 17.4 Å². The van der Waals surface area contributed by atoms with Gasteiger partial charge in [-0.15, -0.1) is 0 Å². The average Bonchev–Trinajstić information content (AvgIpc) is 2.81. The van der Waals surface area contributed by atoms with Crippen molar-refractivity contribution >= 4 is 21.7 Å². The second-order valence-corrected chi connectivity index (χ2v) is 10.0. The van der Waals surface area contributed by atoms with Gasteiger partial charge in [0.05, 0.1) is 5.69 Å². The number of pyridine rings is 2. The zero-order valence-corrected chi connectivity index (χ0v) is 20.9. The van der Waals surface area contributed by atoms with Crippen LogP contribution in [0.4, 0.5) is 10.2 Å². The van der Waals surface area contributed by atoms with Gasteiger partial charge in [0, 0.05) is 14.5 Å². The number of hydrogen-bond acceptors (Lipinski definition) is 8. The van der Waals surface area contributed by atoms with Gasteiger partial charge in [0.15, 0.2) is 5.03 Å². The minimum atomic E-state index is -4.37. The van der Waals surface area contributed by atoms with E-state index in [0.717, 1.165) is 28.8 Å². The molecule has 0 aliphatic rings. The van der Waals surface area contributed by atoms with Gasteiger partial charge in [0.25, 0.3) is 15.9 Å². The third-order valence-electron chi connectivity index (χ3n) is 5.39. The lowest BCUT2D eigenvalue weighted by Gasteiger charge is -2.16. The van der Waals surface area contributed by atoms with Crippen molar-refractivity contribution in [1.82, 2.24) is 14.7 Å². The Kier molecular flexibility index (Phi) is 6.82. The highest BCUT2D eigenvalue weighted by atomic mass is 32.2. The van der Waals surface area contributed by atoms with Crippen LogP contribution < -0.4 is 15.2 Å². The van der Waals surface area contributed by atoms with Gasteiger partial charge < -0.3 is 15.6 Å². The van der Waals surface area contributed by atoms with Gasteiger partial charge in [-0.3, -0.25) is 4.79 Å². The van der Waals surface area contributed by atoms with E-state index in [1.165, 1.54) is 36.4 Å². The second-order valence-electron chi connectivity index (χ2n) is 8.38. The van der Waals surface area contributed by atoms with Gasteiger partial charge in [0.2, 0.25) is 5.88 Å². The fourth-order valence-corrected chi connectivity index (χ4v) is 4.74. The maximum absolute atomic E-state index is 13.5. The van der Waals surface area contributed by atoms with Crippen LogP contribution in [-0.4, -0.2) is 29.4 Å². The quantitative estimate of drug-likeness (QED) is 0.322. The predicted octanol–water partition coefficient (Wildman–Crippen LogP) is 4.90. The summed E-state index contributed by atoms with van der Waals surface area (Å²) in [6.07, 6.45) is 0. The molecule has 0 aliphatic heterocycles. The molecule has 0 aliphatic carbocycles. The molecule has 2 aromatic carbocycles. The number of amides is 1. The number of hydrogen-bond donors (Lipinski definition) is 3. The van der Waals surface area contributed by atoms with E-state index in [1.54, 1.807) is 0 Å². The van der Waals surface area contributed by atoms with Crippen LogP contribution in [0.25, 0.3) is 11.3 Å². The largest absolute Gasteiger partial charge is 0.507 e. The number of aryl methyl sites for hydroxylation is 3. The van der Waals surface area contributed by atoms with Crippen LogP contribution in [0.3, 0.4) is 0 Å². The molecule has 9 nitrogen and oxygen atoms in total. The Morgan fingerprint density at radius 1 is 1.03 bits per heavy atom. The first-order chi connectivity index (χ1) is 17.4. The second kappa shape index (κ2) is 9.86. The molecule has 0 atom stereocenters. The monoisotopic (exact) mass is 526 g/mol. The van der Waals surface area contributed by atoms with Gasteiger partial charge in [0.1, 0.15) is 28.7 Å². The molecular weight excluding hydrogens is 499 g/mol. The lowest BCUT2D eigenvalue weighted by atomic mass is 10.1. The Labute approximate surface area is 215 Å². The number of carbonyl (C=O) groups excluding carboxylic acids is 1. The van der Waals surface area contributed by atoms with Crippen LogP contribution in [0.1, 0.15) is 29.9 Å². The smallest absolute Gasteiger partial charge is 0.281 e. The van der Waals surface area contributed by atoms with Gasteiger partial charge in [-0.2, -0.15) is 8.42 Å². The zero-order valence-electron chi connectivity index (χ0n) is 20.1. The molecule has 0 fully saturated rings. The van der Waals surface area contributed by atoms with Crippen molar-refractivity contribution in [3.63, 3.8) is 0 Å². The number of phenolic OH excluding ortho intramolecular Hbond substituents is 1.